The van der Waals surface area contributed by atoms with Gasteiger partial charge < -0.3 is 10.4 Å². The third-order valence-corrected chi connectivity index (χ3v) is 4.63. The maximum atomic E-state index is 13.1. The molecule has 3 aromatic carbocycles. The van der Waals surface area contributed by atoms with Gasteiger partial charge in [0.2, 0.25) is 0 Å². The van der Waals surface area contributed by atoms with Gasteiger partial charge in [-0.05, 0) is 54.4 Å². The van der Waals surface area contributed by atoms with Crippen molar-refractivity contribution in [1.29, 1.82) is 0 Å². The molecule has 2 atom stereocenters. The molecule has 0 saturated carbocycles. The Balaban J connectivity index is 1.83. The van der Waals surface area contributed by atoms with Gasteiger partial charge in [0.05, 0.1) is 12.1 Å². The van der Waals surface area contributed by atoms with E-state index in [1.54, 1.807) is 12.1 Å². The number of rotatable bonds is 6. The van der Waals surface area contributed by atoms with Crippen LogP contribution in [0.4, 0.5) is 10.1 Å². The van der Waals surface area contributed by atoms with E-state index in [-0.39, 0.29) is 11.9 Å². The average Bonchev–Trinajstić information content (AvgIpc) is 2.64. The van der Waals surface area contributed by atoms with E-state index in [2.05, 4.69) is 5.32 Å². The summed E-state index contributed by atoms with van der Waals surface area (Å²) < 4.78 is 13.1. The molecule has 2 nitrogen and oxygen atoms in total. The van der Waals surface area contributed by atoms with Crippen LogP contribution < -0.4 is 5.32 Å². The van der Waals surface area contributed by atoms with Crippen LogP contribution >= 0.6 is 11.6 Å². The summed E-state index contributed by atoms with van der Waals surface area (Å²) >= 11 is 6.01. The van der Waals surface area contributed by atoms with Crippen LogP contribution in [0.15, 0.2) is 72.8 Å². The summed E-state index contributed by atoms with van der Waals surface area (Å²) in [6, 6.07) is 21.5. The van der Waals surface area contributed by atoms with E-state index in [1.807, 2.05) is 55.5 Å². The molecule has 0 spiro atoms. The molecule has 0 aromatic heterocycles. The number of aliphatic hydroxyl groups excluding tert-OH is 1. The molecule has 0 aliphatic rings. The zero-order valence-corrected chi connectivity index (χ0v) is 15.2. The summed E-state index contributed by atoms with van der Waals surface area (Å²) in [5.74, 6) is -0.312. The molecule has 2 N–H and O–H groups in total. The zero-order valence-electron chi connectivity index (χ0n) is 14.5. The van der Waals surface area contributed by atoms with Crippen molar-refractivity contribution >= 4 is 17.3 Å². The quantitative estimate of drug-likeness (QED) is 0.553. The van der Waals surface area contributed by atoms with Crippen molar-refractivity contribution in [1.82, 2.24) is 0 Å². The molecule has 2 unspecified atom stereocenters. The van der Waals surface area contributed by atoms with Gasteiger partial charge in [-0.1, -0.05) is 53.6 Å². The van der Waals surface area contributed by atoms with Crippen LogP contribution in [-0.4, -0.2) is 5.11 Å². The molecule has 26 heavy (non-hydrogen) atoms. The van der Waals surface area contributed by atoms with Gasteiger partial charge in [0.25, 0.3) is 0 Å². The van der Waals surface area contributed by atoms with Crippen LogP contribution in [-0.2, 0) is 0 Å². The SMILES string of the molecule is Cc1ccc(NC(CC(O)c2ccc(F)cc2)c2ccc(Cl)cc2)cc1. The third kappa shape index (κ3) is 4.84. The fourth-order valence-electron chi connectivity index (χ4n) is 2.87. The number of aliphatic hydroxyl groups is 1. The predicted octanol–water partition coefficient (Wildman–Crippen LogP) is 6.06. The molecule has 0 amide bonds. The molecule has 0 saturated heterocycles. The largest absolute Gasteiger partial charge is 0.388 e. The highest BCUT2D eigenvalue weighted by Crippen LogP contribution is 2.30. The molecule has 3 rings (SSSR count). The van der Waals surface area contributed by atoms with Crippen LogP contribution in [0.25, 0.3) is 0 Å². The highest BCUT2D eigenvalue weighted by molar-refractivity contribution is 6.30. The summed E-state index contributed by atoms with van der Waals surface area (Å²) in [6.07, 6.45) is -0.268. The topological polar surface area (TPSA) is 32.3 Å². The van der Waals surface area contributed by atoms with Crippen LogP contribution in [0.2, 0.25) is 5.02 Å². The van der Waals surface area contributed by atoms with Crippen molar-refractivity contribution in [3.63, 3.8) is 0 Å². The minimum atomic E-state index is -0.714. The van der Waals surface area contributed by atoms with E-state index in [1.165, 1.54) is 17.7 Å². The molecule has 0 fully saturated rings. The van der Waals surface area contributed by atoms with E-state index >= 15 is 0 Å². The van der Waals surface area contributed by atoms with Crippen molar-refractivity contribution in [2.24, 2.45) is 0 Å². The van der Waals surface area contributed by atoms with Gasteiger partial charge in [-0.3, -0.25) is 0 Å². The first-order valence-electron chi connectivity index (χ1n) is 8.53. The maximum absolute atomic E-state index is 13.1. The first-order valence-corrected chi connectivity index (χ1v) is 8.91. The fourth-order valence-corrected chi connectivity index (χ4v) is 2.99. The van der Waals surface area contributed by atoms with Gasteiger partial charge in [0.15, 0.2) is 0 Å². The van der Waals surface area contributed by atoms with Gasteiger partial charge >= 0.3 is 0 Å². The standard InChI is InChI=1S/C22H21ClFNO/c1-15-2-12-20(13-3-15)25-21(16-4-8-18(23)9-5-16)14-22(26)17-6-10-19(24)11-7-17/h2-13,21-22,25-26H,14H2,1H3. The Morgan fingerprint density at radius 2 is 1.46 bits per heavy atom. The lowest BCUT2D eigenvalue weighted by molar-refractivity contribution is 0.160. The minimum absolute atomic E-state index is 0.116. The van der Waals surface area contributed by atoms with Crippen LogP contribution in [0.5, 0.6) is 0 Å². The van der Waals surface area contributed by atoms with Crippen LogP contribution in [0.3, 0.4) is 0 Å². The number of hydrogen-bond acceptors (Lipinski definition) is 2. The number of benzene rings is 3. The van der Waals surface area contributed by atoms with Crippen molar-refractivity contribution in [3.05, 3.63) is 100 Å². The summed E-state index contributed by atoms with van der Waals surface area (Å²) in [7, 11) is 0. The average molecular weight is 370 g/mol. The van der Waals surface area contributed by atoms with Crippen LogP contribution in [0, 0.1) is 12.7 Å². The lowest BCUT2D eigenvalue weighted by Gasteiger charge is -2.24. The van der Waals surface area contributed by atoms with Crippen molar-refractivity contribution < 1.29 is 9.50 Å². The lowest BCUT2D eigenvalue weighted by atomic mass is 9.96. The molecule has 0 heterocycles. The summed E-state index contributed by atoms with van der Waals surface area (Å²) in [5, 5.41) is 14.8. The van der Waals surface area contributed by atoms with Gasteiger partial charge in [-0.25, -0.2) is 4.39 Å². The van der Waals surface area contributed by atoms with Crippen LogP contribution in [0.1, 0.15) is 35.3 Å². The Morgan fingerprint density at radius 1 is 0.885 bits per heavy atom. The van der Waals surface area contributed by atoms with Crippen molar-refractivity contribution in [2.45, 2.75) is 25.5 Å². The lowest BCUT2D eigenvalue weighted by Crippen LogP contribution is -2.15. The number of halogens is 2. The monoisotopic (exact) mass is 369 g/mol. The smallest absolute Gasteiger partial charge is 0.123 e. The normalized spacial score (nSPS) is 13.2. The highest BCUT2D eigenvalue weighted by Gasteiger charge is 2.18. The Morgan fingerprint density at radius 3 is 2.08 bits per heavy atom. The second-order valence-electron chi connectivity index (χ2n) is 6.42. The first-order chi connectivity index (χ1) is 12.5. The highest BCUT2D eigenvalue weighted by atomic mass is 35.5. The van der Waals surface area contributed by atoms with Gasteiger partial charge in [0, 0.05) is 17.1 Å². The van der Waals surface area contributed by atoms with E-state index in [4.69, 9.17) is 11.6 Å². The summed E-state index contributed by atoms with van der Waals surface area (Å²) in [6.45, 7) is 2.04. The van der Waals surface area contributed by atoms with E-state index in [0.717, 1.165) is 11.3 Å². The van der Waals surface area contributed by atoms with E-state index < -0.39 is 6.10 Å². The molecular weight excluding hydrogens is 349 g/mol. The second kappa shape index (κ2) is 8.35. The Hall–Kier alpha value is -2.36. The summed E-state index contributed by atoms with van der Waals surface area (Å²) in [4.78, 5) is 0. The van der Waals surface area contributed by atoms with Gasteiger partial charge in [0.1, 0.15) is 5.82 Å². The molecule has 0 aliphatic carbocycles. The van der Waals surface area contributed by atoms with E-state index in [9.17, 15) is 9.50 Å². The van der Waals surface area contributed by atoms with E-state index in [0.29, 0.717) is 17.0 Å². The van der Waals surface area contributed by atoms with Crippen molar-refractivity contribution in [3.8, 4) is 0 Å². The number of aryl methyl sites for hydroxylation is 1. The summed E-state index contributed by atoms with van der Waals surface area (Å²) in [5.41, 5.74) is 3.87. The number of anilines is 1. The Kier molecular flexibility index (Phi) is 5.92. The molecule has 4 heteroatoms. The third-order valence-electron chi connectivity index (χ3n) is 4.38. The molecular formula is C22H21ClFNO. The first kappa shape index (κ1) is 18.4. The van der Waals surface area contributed by atoms with Gasteiger partial charge in [-0.15, -0.1) is 0 Å². The molecule has 0 radical (unpaired) electrons. The zero-order chi connectivity index (χ0) is 18.5. The minimum Gasteiger partial charge on any atom is -0.388 e. The van der Waals surface area contributed by atoms with Crippen molar-refractivity contribution in [2.75, 3.05) is 5.32 Å². The Labute approximate surface area is 158 Å². The molecule has 3 aromatic rings. The number of hydrogen-bond donors (Lipinski definition) is 2. The predicted molar refractivity (Wildman–Crippen MR) is 105 cm³/mol. The second-order valence-corrected chi connectivity index (χ2v) is 6.85. The Bertz CT molecular complexity index is 832. The fraction of sp³-hybridized carbons (Fsp3) is 0.182. The number of nitrogens with one attached hydrogen (secondary N) is 1. The maximum Gasteiger partial charge on any atom is 0.123 e. The molecule has 134 valence electrons. The molecule has 0 bridgehead atoms. The van der Waals surface area contributed by atoms with Gasteiger partial charge in [-0.2, -0.15) is 0 Å². The molecule has 0 aliphatic heterocycles.